The molecule has 0 aliphatic carbocycles. The molecule has 0 nitrogen and oxygen atoms in total. The van der Waals surface area contributed by atoms with Crippen molar-refractivity contribution in [1.82, 2.24) is 0 Å². The molecule has 0 spiro atoms. The first-order valence-corrected chi connectivity index (χ1v) is 9.75. The van der Waals surface area contributed by atoms with Gasteiger partial charge in [0.15, 0.2) is 0 Å². The molecule has 0 saturated carbocycles. The molecule has 0 N–H and O–H groups in total. The van der Waals surface area contributed by atoms with Crippen LogP contribution >= 0.6 is 73.2 Å². The SMILES string of the molecule is CC(S)Sc1cc(SC(C)S)cc(SC(C)S)c1. The number of hydrogen-bond acceptors (Lipinski definition) is 6. The van der Waals surface area contributed by atoms with Crippen LogP contribution in [0.4, 0.5) is 0 Å². The second-order valence-electron chi connectivity index (χ2n) is 3.79. The van der Waals surface area contributed by atoms with Crippen LogP contribution in [0.2, 0.25) is 0 Å². The van der Waals surface area contributed by atoms with Gasteiger partial charge < -0.3 is 0 Å². The molecule has 6 heteroatoms. The third kappa shape index (κ3) is 7.20. The van der Waals surface area contributed by atoms with Gasteiger partial charge in [-0.3, -0.25) is 0 Å². The molecular formula is C12H18S6. The van der Waals surface area contributed by atoms with Gasteiger partial charge in [0, 0.05) is 28.4 Å². The van der Waals surface area contributed by atoms with Crippen molar-refractivity contribution < 1.29 is 0 Å². The van der Waals surface area contributed by atoms with Crippen molar-refractivity contribution in [3.05, 3.63) is 18.2 Å². The topological polar surface area (TPSA) is 0 Å². The van der Waals surface area contributed by atoms with E-state index in [1.807, 2.05) is 0 Å². The highest BCUT2D eigenvalue weighted by Gasteiger charge is 2.08. The summed E-state index contributed by atoms with van der Waals surface area (Å²) in [5.41, 5.74) is 0. The van der Waals surface area contributed by atoms with Crippen LogP contribution in [-0.4, -0.2) is 13.7 Å². The van der Waals surface area contributed by atoms with Crippen LogP contribution in [0.25, 0.3) is 0 Å². The molecule has 102 valence electrons. The van der Waals surface area contributed by atoms with Crippen molar-refractivity contribution >= 4 is 73.2 Å². The maximum Gasteiger partial charge on any atom is 0.0491 e. The van der Waals surface area contributed by atoms with Gasteiger partial charge in [-0.15, -0.1) is 35.3 Å². The number of thiol groups is 3. The lowest BCUT2D eigenvalue weighted by molar-refractivity contribution is 1.21. The van der Waals surface area contributed by atoms with Crippen LogP contribution in [0.3, 0.4) is 0 Å². The lowest BCUT2D eigenvalue weighted by atomic mass is 10.4. The summed E-state index contributed by atoms with van der Waals surface area (Å²) < 4.78 is 0.889. The Bertz CT molecular complexity index is 305. The summed E-state index contributed by atoms with van der Waals surface area (Å²) in [6.45, 7) is 6.26. The van der Waals surface area contributed by atoms with Crippen molar-refractivity contribution in [3.8, 4) is 0 Å². The fourth-order valence-electron chi connectivity index (χ4n) is 1.34. The van der Waals surface area contributed by atoms with Gasteiger partial charge >= 0.3 is 0 Å². The third-order valence-corrected chi connectivity index (χ3v) is 5.27. The van der Waals surface area contributed by atoms with E-state index in [0.29, 0.717) is 13.7 Å². The van der Waals surface area contributed by atoms with E-state index in [2.05, 4.69) is 76.9 Å². The molecule has 0 bridgehead atoms. The molecule has 0 radical (unpaired) electrons. The number of hydrogen-bond donors (Lipinski definition) is 3. The van der Waals surface area contributed by atoms with Crippen LogP contribution in [-0.2, 0) is 0 Å². The van der Waals surface area contributed by atoms with Crippen molar-refractivity contribution in [2.75, 3.05) is 0 Å². The van der Waals surface area contributed by atoms with Crippen LogP contribution in [0.5, 0.6) is 0 Å². The van der Waals surface area contributed by atoms with E-state index < -0.39 is 0 Å². The van der Waals surface area contributed by atoms with E-state index in [1.165, 1.54) is 14.7 Å². The largest absolute Gasteiger partial charge is 0.165 e. The third-order valence-electron chi connectivity index (χ3n) is 1.77. The van der Waals surface area contributed by atoms with Crippen molar-refractivity contribution in [1.29, 1.82) is 0 Å². The minimum Gasteiger partial charge on any atom is -0.165 e. The smallest absolute Gasteiger partial charge is 0.0491 e. The van der Waals surface area contributed by atoms with Gasteiger partial charge in [-0.05, 0) is 39.0 Å². The Hall–Kier alpha value is 1.32. The summed E-state index contributed by atoms with van der Waals surface area (Å²) in [5.74, 6) is 0. The van der Waals surface area contributed by atoms with Crippen LogP contribution in [0, 0.1) is 0 Å². The number of rotatable bonds is 6. The summed E-state index contributed by atoms with van der Waals surface area (Å²) in [5, 5.41) is 0. The summed E-state index contributed by atoms with van der Waals surface area (Å²) >= 11 is 18.6. The highest BCUT2D eigenvalue weighted by atomic mass is 32.2. The van der Waals surface area contributed by atoms with Crippen LogP contribution in [0.15, 0.2) is 32.9 Å². The minimum atomic E-state index is 0.296. The first-order chi connectivity index (χ1) is 8.36. The zero-order valence-electron chi connectivity index (χ0n) is 10.5. The first-order valence-electron chi connectivity index (χ1n) is 5.56. The molecule has 1 rings (SSSR count). The van der Waals surface area contributed by atoms with E-state index in [9.17, 15) is 0 Å². The van der Waals surface area contributed by atoms with Gasteiger partial charge in [-0.2, -0.15) is 37.9 Å². The molecule has 0 aliphatic rings. The molecule has 0 amide bonds. The highest BCUT2D eigenvalue weighted by molar-refractivity contribution is 8.11. The number of thioether (sulfide) groups is 3. The Morgan fingerprint density at radius 1 is 0.667 bits per heavy atom. The van der Waals surface area contributed by atoms with E-state index in [0.717, 1.165) is 0 Å². The van der Waals surface area contributed by atoms with Crippen molar-refractivity contribution in [2.24, 2.45) is 0 Å². The van der Waals surface area contributed by atoms with Crippen molar-refractivity contribution in [3.63, 3.8) is 0 Å². The molecule has 0 heterocycles. The molecule has 3 atom stereocenters. The molecule has 0 aliphatic heterocycles. The lowest BCUT2D eigenvalue weighted by Gasteiger charge is -2.12. The lowest BCUT2D eigenvalue weighted by Crippen LogP contribution is -1.89. The molecule has 18 heavy (non-hydrogen) atoms. The molecular weight excluding hydrogens is 337 g/mol. The van der Waals surface area contributed by atoms with Crippen LogP contribution < -0.4 is 0 Å². The quantitative estimate of drug-likeness (QED) is 0.336. The van der Waals surface area contributed by atoms with Gasteiger partial charge in [-0.25, -0.2) is 0 Å². The van der Waals surface area contributed by atoms with E-state index in [4.69, 9.17) is 0 Å². The van der Waals surface area contributed by atoms with Gasteiger partial charge in [0.05, 0.1) is 0 Å². The fraction of sp³-hybridized carbons (Fsp3) is 0.500. The van der Waals surface area contributed by atoms with Gasteiger partial charge in [0.2, 0.25) is 0 Å². The van der Waals surface area contributed by atoms with E-state index >= 15 is 0 Å². The maximum absolute atomic E-state index is 4.44. The Balaban J connectivity index is 2.95. The first kappa shape index (κ1) is 17.4. The van der Waals surface area contributed by atoms with Crippen molar-refractivity contribution in [2.45, 2.75) is 49.2 Å². The second-order valence-corrected chi connectivity index (χ2v) is 11.4. The normalized spacial score (nSPS) is 16.3. The zero-order valence-corrected chi connectivity index (χ0v) is 15.7. The average Bonchev–Trinajstić information content (AvgIpc) is 2.12. The summed E-state index contributed by atoms with van der Waals surface area (Å²) in [6, 6.07) is 6.63. The Labute approximate surface area is 139 Å². The standard InChI is InChI=1S/C12H18S6/c1-7(13)16-10-4-11(17-8(2)14)6-12(5-10)18-9(3)15/h4-9,13-15H,1-3H3. The summed E-state index contributed by atoms with van der Waals surface area (Å²) in [4.78, 5) is 3.77. The molecule has 0 aromatic heterocycles. The summed E-state index contributed by atoms with van der Waals surface area (Å²) in [7, 11) is 0. The monoisotopic (exact) mass is 354 g/mol. The zero-order chi connectivity index (χ0) is 13.7. The average molecular weight is 355 g/mol. The van der Waals surface area contributed by atoms with E-state index in [1.54, 1.807) is 35.3 Å². The molecule has 1 aromatic carbocycles. The molecule has 0 fully saturated rings. The summed E-state index contributed by atoms with van der Waals surface area (Å²) in [6.07, 6.45) is 0. The van der Waals surface area contributed by atoms with Crippen LogP contribution in [0.1, 0.15) is 20.8 Å². The Kier molecular flexibility index (Phi) is 8.27. The number of benzene rings is 1. The van der Waals surface area contributed by atoms with Gasteiger partial charge in [0.25, 0.3) is 0 Å². The van der Waals surface area contributed by atoms with Gasteiger partial charge in [-0.1, -0.05) is 0 Å². The fourth-order valence-corrected chi connectivity index (χ4v) is 5.01. The highest BCUT2D eigenvalue weighted by Crippen LogP contribution is 2.37. The predicted molar refractivity (Wildman–Crippen MR) is 99.4 cm³/mol. The molecule has 3 unspecified atom stereocenters. The molecule has 1 aromatic rings. The Morgan fingerprint density at radius 2 is 0.889 bits per heavy atom. The minimum absolute atomic E-state index is 0.296. The van der Waals surface area contributed by atoms with Gasteiger partial charge in [0.1, 0.15) is 0 Å². The Morgan fingerprint density at radius 3 is 1.06 bits per heavy atom. The maximum atomic E-state index is 4.44. The van der Waals surface area contributed by atoms with E-state index in [-0.39, 0.29) is 0 Å². The predicted octanol–water partition coefficient (Wildman–Crippen LogP) is 5.79. The second kappa shape index (κ2) is 8.57. The molecule has 0 saturated heterocycles.